The second kappa shape index (κ2) is 8.86. The first kappa shape index (κ1) is 23.9. The van der Waals surface area contributed by atoms with Gasteiger partial charge in [0.25, 0.3) is 5.91 Å². The number of alkyl carbamates (subject to hydrolysis) is 1. The van der Waals surface area contributed by atoms with E-state index in [2.05, 4.69) is 0 Å². The van der Waals surface area contributed by atoms with Gasteiger partial charge in [0.05, 0.1) is 5.88 Å². The van der Waals surface area contributed by atoms with Crippen molar-refractivity contribution in [3.8, 4) is 11.1 Å². The Kier molecular flexibility index (Phi) is 6.24. The molecule has 0 spiro atoms. The third-order valence-electron chi connectivity index (χ3n) is 6.12. The van der Waals surface area contributed by atoms with E-state index in [0.29, 0.717) is 11.8 Å². The van der Waals surface area contributed by atoms with Gasteiger partial charge in [0.15, 0.2) is 0 Å². The first-order valence-corrected chi connectivity index (χ1v) is 11.5. The third kappa shape index (κ3) is 4.08. The number of hydrogen-bond donors (Lipinski definition) is 2. The van der Waals surface area contributed by atoms with Crippen molar-refractivity contribution in [1.29, 1.82) is 0 Å². The number of thioether (sulfide) groups is 1. The number of carbonyl (C=O) groups excluding carboxylic acids is 2. The molecule has 2 atom stereocenters. The molecule has 1 unspecified atom stereocenters. The topological polar surface area (TPSA) is 95.9 Å². The summed E-state index contributed by atoms with van der Waals surface area (Å²) in [6.07, 6.45) is -6.61. The SMILES string of the molecule is CC(NC(=O)OCC1c2ccccc2-c2ccccc21)(C(=O)N1CSC[C@H]1C(=O)O)C(F)(F)F. The number of halogens is 3. The van der Waals surface area contributed by atoms with Crippen molar-refractivity contribution < 1.29 is 37.4 Å². The Hall–Kier alpha value is -3.21. The molecule has 1 saturated heterocycles. The fraction of sp³-hybridized carbons (Fsp3) is 0.348. The number of nitrogens with zero attached hydrogens (tertiary/aromatic N) is 1. The minimum absolute atomic E-state index is 0.0417. The van der Waals surface area contributed by atoms with Gasteiger partial charge < -0.3 is 14.7 Å². The number of benzene rings is 2. The summed E-state index contributed by atoms with van der Waals surface area (Å²) in [7, 11) is 0. The molecule has 11 heteroatoms. The second-order valence-electron chi connectivity index (χ2n) is 8.20. The molecule has 7 nitrogen and oxygen atoms in total. The monoisotopic (exact) mass is 494 g/mol. The third-order valence-corrected chi connectivity index (χ3v) is 7.13. The van der Waals surface area contributed by atoms with Gasteiger partial charge in [0.1, 0.15) is 12.6 Å². The predicted molar refractivity (Wildman–Crippen MR) is 118 cm³/mol. The Bertz CT molecular complexity index is 1100. The Balaban J connectivity index is 1.52. The van der Waals surface area contributed by atoms with Gasteiger partial charge in [0.2, 0.25) is 5.54 Å². The zero-order valence-corrected chi connectivity index (χ0v) is 18.8. The van der Waals surface area contributed by atoms with Gasteiger partial charge >= 0.3 is 18.2 Å². The second-order valence-corrected chi connectivity index (χ2v) is 9.20. The molecule has 4 rings (SSSR count). The van der Waals surface area contributed by atoms with Crippen LogP contribution in [0.3, 0.4) is 0 Å². The number of amides is 2. The molecule has 2 aromatic carbocycles. The van der Waals surface area contributed by atoms with E-state index in [1.54, 1.807) is 5.32 Å². The molecule has 2 aromatic rings. The van der Waals surface area contributed by atoms with Crippen LogP contribution in [0.1, 0.15) is 24.0 Å². The van der Waals surface area contributed by atoms with E-state index in [9.17, 15) is 32.7 Å². The number of carbonyl (C=O) groups is 3. The zero-order valence-electron chi connectivity index (χ0n) is 18.0. The summed E-state index contributed by atoms with van der Waals surface area (Å²) in [6, 6.07) is 13.5. The molecule has 34 heavy (non-hydrogen) atoms. The number of aliphatic carboxylic acids is 1. The average molecular weight is 494 g/mol. The first-order valence-electron chi connectivity index (χ1n) is 10.4. The lowest BCUT2D eigenvalue weighted by atomic mass is 9.98. The molecule has 0 radical (unpaired) electrons. The highest BCUT2D eigenvalue weighted by atomic mass is 32.2. The molecule has 1 heterocycles. The first-order chi connectivity index (χ1) is 16.0. The van der Waals surface area contributed by atoms with E-state index >= 15 is 0 Å². The maximum absolute atomic E-state index is 14.0. The highest BCUT2D eigenvalue weighted by Gasteiger charge is 2.61. The van der Waals surface area contributed by atoms with E-state index in [1.165, 1.54) is 0 Å². The number of carboxylic acid groups (broad SMARTS) is 1. The van der Waals surface area contributed by atoms with Crippen molar-refractivity contribution in [2.24, 2.45) is 0 Å². The van der Waals surface area contributed by atoms with Crippen LogP contribution in [0, 0.1) is 0 Å². The Morgan fingerprint density at radius 3 is 2.18 bits per heavy atom. The van der Waals surface area contributed by atoms with Crippen LogP contribution in [-0.4, -0.2) is 64.0 Å². The van der Waals surface area contributed by atoms with Gasteiger partial charge in [0, 0.05) is 11.7 Å². The number of carboxylic acids is 1. The Morgan fingerprint density at radius 1 is 1.09 bits per heavy atom. The molecule has 1 aliphatic carbocycles. The summed E-state index contributed by atoms with van der Waals surface area (Å²) in [5, 5.41) is 10.9. The van der Waals surface area contributed by atoms with E-state index in [4.69, 9.17) is 4.74 Å². The number of alkyl halides is 3. The number of fused-ring (bicyclic) bond motifs is 3. The van der Waals surface area contributed by atoms with Crippen LogP contribution in [0.5, 0.6) is 0 Å². The largest absolute Gasteiger partial charge is 0.480 e. The fourth-order valence-corrected chi connectivity index (χ4v) is 5.36. The van der Waals surface area contributed by atoms with E-state index in [0.717, 1.165) is 34.0 Å². The van der Waals surface area contributed by atoms with Gasteiger partial charge in [-0.15, -0.1) is 11.8 Å². The van der Waals surface area contributed by atoms with Crippen LogP contribution in [0.15, 0.2) is 48.5 Å². The van der Waals surface area contributed by atoms with Gasteiger partial charge in [-0.2, -0.15) is 13.2 Å². The van der Waals surface area contributed by atoms with Crippen molar-refractivity contribution >= 4 is 29.7 Å². The quantitative estimate of drug-likeness (QED) is 0.656. The van der Waals surface area contributed by atoms with E-state index < -0.39 is 35.7 Å². The van der Waals surface area contributed by atoms with Crippen molar-refractivity contribution in [2.45, 2.75) is 30.6 Å². The lowest BCUT2D eigenvalue weighted by Crippen LogP contribution is -2.67. The van der Waals surface area contributed by atoms with Crippen LogP contribution in [0.2, 0.25) is 0 Å². The molecular weight excluding hydrogens is 473 g/mol. The van der Waals surface area contributed by atoms with Crippen molar-refractivity contribution in [3.05, 3.63) is 59.7 Å². The number of ether oxygens (including phenoxy) is 1. The van der Waals surface area contributed by atoms with Gasteiger partial charge in [-0.05, 0) is 29.2 Å². The summed E-state index contributed by atoms with van der Waals surface area (Å²) in [4.78, 5) is 37.3. The van der Waals surface area contributed by atoms with E-state index in [-0.39, 0.29) is 24.2 Å². The van der Waals surface area contributed by atoms with Gasteiger partial charge in [-0.3, -0.25) is 10.1 Å². The summed E-state index contributed by atoms with van der Waals surface area (Å²) in [5.74, 6) is -3.61. The zero-order chi connectivity index (χ0) is 24.7. The number of hydrogen-bond acceptors (Lipinski definition) is 5. The minimum Gasteiger partial charge on any atom is -0.480 e. The molecular formula is C23H21F3N2O5S. The Morgan fingerprint density at radius 2 is 1.65 bits per heavy atom. The van der Waals surface area contributed by atoms with Crippen LogP contribution < -0.4 is 5.32 Å². The predicted octanol–water partition coefficient (Wildman–Crippen LogP) is 3.83. The molecule has 0 bridgehead atoms. The van der Waals surface area contributed by atoms with Crippen molar-refractivity contribution in [2.75, 3.05) is 18.2 Å². The van der Waals surface area contributed by atoms with Crippen molar-refractivity contribution in [1.82, 2.24) is 10.2 Å². The molecule has 2 aliphatic rings. The highest BCUT2D eigenvalue weighted by Crippen LogP contribution is 2.44. The summed E-state index contributed by atoms with van der Waals surface area (Å²) < 4.78 is 47.1. The van der Waals surface area contributed by atoms with Gasteiger partial charge in [-0.25, -0.2) is 9.59 Å². The fourth-order valence-electron chi connectivity index (χ4n) is 4.22. The number of rotatable bonds is 5. The van der Waals surface area contributed by atoms with Crippen LogP contribution in [0.4, 0.5) is 18.0 Å². The molecule has 1 aliphatic heterocycles. The average Bonchev–Trinajstić information content (AvgIpc) is 3.40. The van der Waals surface area contributed by atoms with Crippen LogP contribution in [0.25, 0.3) is 11.1 Å². The molecule has 1 fully saturated rings. The number of nitrogens with one attached hydrogen (secondary N) is 1. The van der Waals surface area contributed by atoms with Crippen molar-refractivity contribution in [3.63, 3.8) is 0 Å². The maximum atomic E-state index is 14.0. The highest BCUT2D eigenvalue weighted by molar-refractivity contribution is 7.99. The smallest absolute Gasteiger partial charge is 0.420 e. The molecule has 180 valence electrons. The summed E-state index contributed by atoms with van der Waals surface area (Å²) in [5.41, 5.74) is 0.310. The molecule has 2 amide bonds. The lowest BCUT2D eigenvalue weighted by molar-refractivity contribution is -0.201. The lowest BCUT2D eigenvalue weighted by Gasteiger charge is -2.35. The summed E-state index contributed by atoms with van der Waals surface area (Å²) in [6.45, 7) is 0.276. The van der Waals surface area contributed by atoms with Crippen LogP contribution >= 0.6 is 11.8 Å². The molecule has 2 N–H and O–H groups in total. The summed E-state index contributed by atoms with van der Waals surface area (Å²) >= 11 is 1.02. The van der Waals surface area contributed by atoms with Gasteiger partial charge in [-0.1, -0.05) is 48.5 Å². The standard InChI is InChI=1S/C23H21F3N2O5S/c1-22(23(24,25)26,20(31)28-12-34-11-18(28)19(29)30)27-21(32)33-10-17-15-8-4-2-6-13(15)14-7-3-5-9-16(14)17/h2-9,17-18H,10-12H2,1H3,(H,27,32)(H,29,30)/t18-,22?/m0/s1. The Labute approximate surface area is 197 Å². The van der Waals surface area contributed by atoms with E-state index in [1.807, 2.05) is 48.5 Å². The molecule has 0 aromatic heterocycles. The molecule has 0 saturated carbocycles. The minimum atomic E-state index is -5.19. The normalized spacial score (nSPS) is 19.2. The maximum Gasteiger partial charge on any atom is 0.420 e. The van der Waals surface area contributed by atoms with Crippen LogP contribution in [-0.2, 0) is 14.3 Å².